The molecule has 0 spiro atoms. The molecular weight excluding hydrogens is 294 g/mol. The summed E-state index contributed by atoms with van der Waals surface area (Å²) in [5, 5.41) is 9.52. The largest absolute Gasteiger partial charge is 0.481 e. The summed E-state index contributed by atoms with van der Waals surface area (Å²) in [4.78, 5) is 25.9. The number of rotatable bonds is 4. The van der Waals surface area contributed by atoms with Crippen LogP contribution in [0.15, 0.2) is 47.1 Å². The highest BCUT2D eigenvalue weighted by atomic mass is 16.4. The van der Waals surface area contributed by atoms with E-state index in [0.717, 1.165) is 5.56 Å². The second kappa shape index (κ2) is 6.28. The Morgan fingerprint density at radius 3 is 2.61 bits per heavy atom. The predicted molar refractivity (Wildman–Crippen MR) is 84.3 cm³/mol. The van der Waals surface area contributed by atoms with Crippen LogP contribution >= 0.6 is 0 Å². The SMILES string of the molecule is CCc1occc1C(=O)N1C[C@H](C(=O)O)[C@H](c2ccccc2)C1. The van der Waals surface area contributed by atoms with Gasteiger partial charge in [0.25, 0.3) is 5.91 Å². The van der Waals surface area contributed by atoms with Crippen LogP contribution in [-0.2, 0) is 11.2 Å². The zero-order valence-electron chi connectivity index (χ0n) is 12.9. The van der Waals surface area contributed by atoms with Gasteiger partial charge in [-0.25, -0.2) is 0 Å². The molecule has 1 aromatic heterocycles. The fraction of sp³-hybridized carbons (Fsp3) is 0.333. The van der Waals surface area contributed by atoms with E-state index in [0.29, 0.717) is 24.3 Å². The van der Waals surface area contributed by atoms with E-state index in [2.05, 4.69) is 0 Å². The van der Waals surface area contributed by atoms with Gasteiger partial charge in [-0.2, -0.15) is 0 Å². The lowest BCUT2D eigenvalue weighted by Gasteiger charge is -2.16. The number of amides is 1. The van der Waals surface area contributed by atoms with E-state index in [1.807, 2.05) is 37.3 Å². The first kappa shape index (κ1) is 15.3. The Bertz CT molecular complexity index is 707. The van der Waals surface area contributed by atoms with Crippen molar-refractivity contribution in [2.24, 2.45) is 5.92 Å². The normalized spacial score (nSPS) is 20.7. The lowest BCUT2D eigenvalue weighted by molar-refractivity contribution is -0.141. The molecule has 1 saturated heterocycles. The van der Waals surface area contributed by atoms with Gasteiger partial charge < -0.3 is 14.4 Å². The zero-order valence-corrected chi connectivity index (χ0v) is 12.9. The van der Waals surface area contributed by atoms with Crippen molar-refractivity contribution in [2.45, 2.75) is 19.3 Å². The van der Waals surface area contributed by atoms with Gasteiger partial charge in [-0.1, -0.05) is 37.3 Å². The highest BCUT2D eigenvalue weighted by Gasteiger charge is 2.41. The maximum Gasteiger partial charge on any atom is 0.308 e. The molecule has 1 aliphatic heterocycles. The minimum atomic E-state index is -0.864. The van der Waals surface area contributed by atoms with Crippen LogP contribution in [0.4, 0.5) is 0 Å². The quantitative estimate of drug-likeness (QED) is 0.942. The number of carboxylic acid groups (broad SMARTS) is 1. The van der Waals surface area contributed by atoms with Crippen LogP contribution in [0.25, 0.3) is 0 Å². The Hall–Kier alpha value is -2.56. The lowest BCUT2D eigenvalue weighted by Crippen LogP contribution is -2.30. The molecule has 0 aliphatic carbocycles. The molecule has 2 heterocycles. The first-order chi connectivity index (χ1) is 11.1. The summed E-state index contributed by atoms with van der Waals surface area (Å²) in [5.74, 6) is -1.14. The summed E-state index contributed by atoms with van der Waals surface area (Å²) < 4.78 is 5.32. The third-order valence-corrected chi connectivity index (χ3v) is 4.45. The predicted octanol–water partition coefficient (Wildman–Crippen LogP) is 2.78. The summed E-state index contributed by atoms with van der Waals surface area (Å²) in [7, 11) is 0. The fourth-order valence-electron chi connectivity index (χ4n) is 3.23. The Balaban J connectivity index is 1.86. The van der Waals surface area contributed by atoms with Gasteiger partial charge in [-0.3, -0.25) is 9.59 Å². The fourth-order valence-corrected chi connectivity index (χ4v) is 3.23. The number of nitrogens with zero attached hydrogens (tertiary/aromatic N) is 1. The van der Waals surface area contributed by atoms with E-state index >= 15 is 0 Å². The molecule has 1 aliphatic rings. The Morgan fingerprint density at radius 2 is 1.96 bits per heavy atom. The van der Waals surface area contributed by atoms with Crippen LogP contribution in [0.5, 0.6) is 0 Å². The molecule has 2 aromatic rings. The van der Waals surface area contributed by atoms with Gasteiger partial charge in [0.2, 0.25) is 0 Å². The molecular formula is C18H19NO4. The van der Waals surface area contributed by atoms with Crippen LogP contribution in [0, 0.1) is 5.92 Å². The minimum Gasteiger partial charge on any atom is -0.481 e. The number of carbonyl (C=O) groups excluding carboxylic acids is 1. The second-order valence-corrected chi connectivity index (χ2v) is 5.78. The van der Waals surface area contributed by atoms with Gasteiger partial charge in [0, 0.05) is 25.4 Å². The number of carbonyl (C=O) groups is 2. The number of aryl methyl sites for hydroxylation is 1. The summed E-state index contributed by atoms with van der Waals surface area (Å²) in [6.07, 6.45) is 2.14. The van der Waals surface area contributed by atoms with Crippen molar-refractivity contribution in [3.8, 4) is 0 Å². The number of aliphatic carboxylic acids is 1. The average molecular weight is 313 g/mol. The first-order valence-corrected chi connectivity index (χ1v) is 7.75. The van der Waals surface area contributed by atoms with E-state index < -0.39 is 11.9 Å². The molecule has 23 heavy (non-hydrogen) atoms. The van der Waals surface area contributed by atoms with Gasteiger partial charge in [0.1, 0.15) is 5.76 Å². The molecule has 1 N–H and O–H groups in total. The molecule has 0 radical (unpaired) electrons. The van der Waals surface area contributed by atoms with Crippen LogP contribution in [0.3, 0.4) is 0 Å². The van der Waals surface area contributed by atoms with E-state index in [1.54, 1.807) is 11.0 Å². The zero-order chi connectivity index (χ0) is 16.4. The third-order valence-electron chi connectivity index (χ3n) is 4.45. The molecule has 2 atom stereocenters. The second-order valence-electron chi connectivity index (χ2n) is 5.78. The van der Waals surface area contributed by atoms with E-state index in [1.165, 1.54) is 6.26 Å². The Kier molecular flexibility index (Phi) is 4.19. The van der Waals surface area contributed by atoms with Crippen LogP contribution in [0.1, 0.15) is 34.5 Å². The minimum absolute atomic E-state index is 0.153. The van der Waals surface area contributed by atoms with Gasteiger partial charge in [0.05, 0.1) is 17.7 Å². The van der Waals surface area contributed by atoms with Crippen LogP contribution < -0.4 is 0 Å². The van der Waals surface area contributed by atoms with Gasteiger partial charge >= 0.3 is 5.97 Å². The van der Waals surface area contributed by atoms with Crippen molar-refractivity contribution < 1.29 is 19.1 Å². The van der Waals surface area contributed by atoms with E-state index in [-0.39, 0.29) is 18.4 Å². The van der Waals surface area contributed by atoms with Gasteiger partial charge in [0.15, 0.2) is 0 Å². The van der Waals surface area contributed by atoms with E-state index in [9.17, 15) is 14.7 Å². The summed E-state index contributed by atoms with van der Waals surface area (Å²) in [6, 6.07) is 11.2. The van der Waals surface area contributed by atoms with Gasteiger partial charge in [-0.15, -0.1) is 0 Å². The number of benzene rings is 1. The van der Waals surface area contributed by atoms with E-state index in [4.69, 9.17) is 4.42 Å². The van der Waals surface area contributed by atoms with Crippen molar-refractivity contribution in [3.05, 3.63) is 59.5 Å². The van der Waals surface area contributed by atoms with Crippen molar-refractivity contribution in [2.75, 3.05) is 13.1 Å². The topological polar surface area (TPSA) is 70.8 Å². The van der Waals surface area contributed by atoms with Gasteiger partial charge in [-0.05, 0) is 11.6 Å². The van der Waals surface area contributed by atoms with Crippen molar-refractivity contribution >= 4 is 11.9 Å². The molecule has 5 nitrogen and oxygen atoms in total. The molecule has 120 valence electrons. The summed E-state index contributed by atoms with van der Waals surface area (Å²) >= 11 is 0. The smallest absolute Gasteiger partial charge is 0.308 e. The standard InChI is InChI=1S/C18H19NO4/c1-2-16-13(8-9-23-16)17(20)19-10-14(15(11-19)18(21)22)12-6-4-3-5-7-12/h3-9,14-15H,2,10-11H2,1H3,(H,21,22)/t14-,15-/m0/s1. The summed E-state index contributed by atoms with van der Waals surface area (Å²) in [5.41, 5.74) is 1.49. The maximum atomic E-state index is 12.7. The summed E-state index contributed by atoms with van der Waals surface area (Å²) in [6.45, 7) is 2.56. The number of likely N-dealkylation sites (tertiary alicyclic amines) is 1. The first-order valence-electron chi connectivity index (χ1n) is 7.75. The van der Waals surface area contributed by atoms with Crippen molar-refractivity contribution in [3.63, 3.8) is 0 Å². The number of hydrogen-bond acceptors (Lipinski definition) is 3. The average Bonchev–Trinajstić information content (AvgIpc) is 3.22. The molecule has 1 fully saturated rings. The molecule has 1 aromatic carbocycles. The highest BCUT2D eigenvalue weighted by Crippen LogP contribution is 2.34. The molecule has 3 rings (SSSR count). The van der Waals surface area contributed by atoms with Crippen molar-refractivity contribution in [1.29, 1.82) is 0 Å². The van der Waals surface area contributed by atoms with Crippen molar-refractivity contribution in [1.82, 2.24) is 4.90 Å². The van der Waals surface area contributed by atoms with Crippen LogP contribution in [-0.4, -0.2) is 35.0 Å². The monoisotopic (exact) mass is 313 g/mol. The Labute approximate surface area is 134 Å². The van der Waals surface area contributed by atoms with Crippen LogP contribution in [0.2, 0.25) is 0 Å². The lowest BCUT2D eigenvalue weighted by atomic mass is 9.89. The Morgan fingerprint density at radius 1 is 1.22 bits per heavy atom. The third kappa shape index (κ3) is 2.86. The molecule has 5 heteroatoms. The molecule has 0 saturated carbocycles. The highest BCUT2D eigenvalue weighted by molar-refractivity contribution is 5.96. The molecule has 0 unspecified atom stereocenters. The molecule has 1 amide bonds. The number of carboxylic acids is 1. The number of furan rings is 1. The maximum absolute atomic E-state index is 12.7. The molecule has 0 bridgehead atoms. The number of hydrogen-bond donors (Lipinski definition) is 1.